The first-order valence-electron chi connectivity index (χ1n) is 6.72. The zero-order valence-corrected chi connectivity index (χ0v) is 11.5. The third-order valence-corrected chi connectivity index (χ3v) is 3.81. The van der Waals surface area contributed by atoms with E-state index in [0.717, 1.165) is 25.9 Å². The second kappa shape index (κ2) is 5.15. The molecule has 1 unspecified atom stereocenters. The Morgan fingerprint density at radius 1 is 1.33 bits per heavy atom. The zero-order chi connectivity index (χ0) is 13.2. The average Bonchev–Trinajstić information content (AvgIpc) is 2.67. The van der Waals surface area contributed by atoms with Gasteiger partial charge in [-0.2, -0.15) is 0 Å². The van der Waals surface area contributed by atoms with E-state index >= 15 is 0 Å². The van der Waals surface area contributed by atoms with Gasteiger partial charge in [0.05, 0.1) is 6.61 Å². The Hall–Kier alpha value is -0.650. The molecule has 0 aromatic carbocycles. The van der Waals surface area contributed by atoms with Crippen LogP contribution in [0.25, 0.3) is 0 Å². The predicted molar refractivity (Wildman–Crippen MR) is 68.1 cm³/mol. The molecular formula is C13H24N2O3. The molecule has 2 aliphatic rings. The van der Waals surface area contributed by atoms with E-state index in [2.05, 4.69) is 10.6 Å². The van der Waals surface area contributed by atoms with Gasteiger partial charge >= 0.3 is 0 Å². The SMILES string of the molecule is CC1(C)OCC(CNC(=O)C2(C)CCNCC2)O1. The number of carbonyl (C=O) groups is 1. The monoisotopic (exact) mass is 256 g/mol. The smallest absolute Gasteiger partial charge is 0.226 e. The van der Waals surface area contributed by atoms with Gasteiger partial charge in [-0.05, 0) is 39.8 Å². The fraction of sp³-hybridized carbons (Fsp3) is 0.923. The molecule has 2 rings (SSSR count). The molecule has 2 aliphatic heterocycles. The second-order valence-corrected chi connectivity index (χ2v) is 5.97. The summed E-state index contributed by atoms with van der Waals surface area (Å²) < 4.78 is 11.1. The van der Waals surface area contributed by atoms with E-state index in [1.807, 2.05) is 20.8 Å². The van der Waals surface area contributed by atoms with Crippen LogP contribution in [0.3, 0.4) is 0 Å². The number of hydrogen-bond acceptors (Lipinski definition) is 4. The summed E-state index contributed by atoms with van der Waals surface area (Å²) in [5, 5.41) is 6.28. The summed E-state index contributed by atoms with van der Waals surface area (Å²) in [4.78, 5) is 12.2. The quantitative estimate of drug-likeness (QED) is 0.778. The summed E-state index contributed by atoms with van der Waals surface area (Å²) in [7, 11) is 0. The summed E-state index contributed by atoms with van der Waals surface area (Å²) in [5.74, 6) is -0.383. The van der Waals surface area contributed by atoms with Crippen LogP contribution in [0.2, 0.25) is 0 Å². The molecule has 1 amide bonds. The fourth-order valence-corrected chi connectivity index (χ4v) is 2.49. The van der Waals surface area contributed by atoms with Gasteiger partial charge < -0.3 is 20.1 Å². The molecule has 2 N–H and O–H groups in total. The Kier molecular flexibility index (Phi) is 3.94. The second-order valence-electron chi connectivity index (χ2n) is 5.97. The van der Waals surface area contributed by atoms with Crippen LogP contribution in [0.15, 0.2) is 0 Å². The van der Waals surface area contributed by atoms with Gasteiger partial charge in [-0.1, -0.05) is 6.92 Å². The van der Waals surface area contributed by atoms with Crippen molar-refractivity contribution in [3.63, 3.8) is 0 Å². The van der Waals surface area contributed by atoms with Gasteiger partial charge in [0.15, 0.2) is 5.79 Å². The van der Waals surface area contributed by atoms with Crippen LogP contribution in [0.1, 0.15) is 33.6 Å². The number of carbonyl (C=O) groups excluding carboxylic acids is 1. The molecule has 0 aromatic rings. The molecule has 0 saturated carbocycles. The largest absolute Gasteiger partial charge is 0.353 e. The van der Waals surface area contributed by atoms with Crippen LogP contribution in [0.5, 0.6) is 0 Å². The van der Waals surface area contributed by atoms with Crippen LogP contribution in [-0.4, -0.2) is 44.0 Å². The van der Waals surface area contributed by atoms with Crippen molar-refractivity contribution in [3.8, 4) is 0 Å². The van der Waals surface area contributed by atoms with Crippen molar-refractivity contribution in [3.05, 3.63) is 0 Å². The Balaban J connectivity index is 1.78. The van der Waals surface area contributed by atoms with Crippen molar-refractivity contribution in [2.75, 3.05) is 26.2 Å². The standard InChI is InChI=1S/C13H24N2O3/c1-12(2)17-9-10(18-12)8-15-11(16)13(3)4-6-14-7-5-13/h10,14H,4-9H2,1-3H3,(H,15,16). The normalized spacial score (nSPS) is 30.1. The van der Waals surface area contributed by atoms with Crippen molar-refractivity contribution in [2.45, 2.75) is 45.5 Å². The highest BCUT2D eigenvalue weighted by Crippen LogP contribution is 2.28. The van der Waals surface area contributed by atoms with Gasteiger partial charge in [0, 0.05) is 12.0 Å². The number of ether oxygens (including phenoxy) is 2. The zero-order valence-electron chi connectivity index (χ0n) is 11.5. The molecule has 0 radical (unpaired) electrons. The molecule has 0 aliphatic carbocycles. The lowest BCUT2D eigenvalue weighted by Crippen LogP contribution is -2.47. The van der Waals surface area contributed by atoms with Gasteiger partial charge in [0.2, 0.25) is 5.91 Å². The first kappa shape index (κ1) is 13.8. The molecular weight excluding hydrogens is 232 g/mol. The highest BCUT2D eigenvalue weighted by molar-refractivity contribution is 5.82. The maximum atomic E-state index is 12.2. The molecule has 5 heteroatoms. The molecule has 0 bridgehead atoms. The third-order valence-electron chi connectivity index (χ3n) is 3.81. The van der Waals surface area contributed by atoms with Crippen LogP contribution in [-0.2, 0) is 14.3 Å². The predicted octanol–water partition coefficient (Wildman–Crippen LogP) is 0.644. The molecule has 18 heavy (non-hydrogen) atoms. The van der Waals surface area contributed by atoms with Gasteiger partial charge in [-0.25, -0.2) is 0 Å². The minimum absolute atomic E-state index is 0.0331. The Bertz CT molecular complexity index is 311. The molecule has 1 atom stereocenters. The lowest BCUT2D eigenvalue weighted by molar-refractivity contribution is -0.141. The average molecular weight is 256 g/mol. The van der Waals surface area contributed by atoms with Crippen molar-refractivity contribution < 1.29 is 14.3 Å². The van der Waals surface area contributed by atoms with E-state index in [1.165, 1.54) is 0 Å². The fourth-order valence-electron chi connectivity index (χ4n) is 2.49. The first-order chi connectivity index (χ1) is 8.41. The summed E-state index contributed by atoms with van der Waals surface area (Å²) >= 11 is 0. The van der Waals surface area contributed by atoms with Gasteiger partial charge in [0.1, 0.15) is 6.10 Å². The van der Waals surface area contributed by atoms with Crippen LogP contribution in [0, 0.1) is 5.41 Å². The lowest BCUT2D eigenvalue weighted by atomic mass is 9.80. The van der Waals surface area contributed by atoms with Crippen molar-refractivity contribution in [1.82, 2.24) is 10.6 Å². The van der Waals surface area contributed by atoms with Crippen molar-refractivity contribution in [1.29, 1.82) is 0 Å². The topological polar surface area (TPSA) is 59.6 Å². The molecule has 5 nitrogen and oxygen atoms in total. The van der Waals surface area contributed by atoms with E-state index in [9.17, 15) is 4.79 Å². The highest BCUT2D eigenvalue weighted by Gasteiger charge is 2.36. The van der Waals surface area contributed by atoms with E-state index < -0.39 is 5.79 Å². The number of hydrogen-bond donors (Lipinski definition) is 2. The molecule has 104 valence electrons. The highest BCUT2D eigenvalue weighted by atomic mass is 16.7. The van der Waals surface area contributed by atoms with E-state index in [-0.39, 0.29) is 17.4 Å². The van der Waals surface area contributed by atoms with Crippen LogP contribution >= 0.6 is 0 Å². The van der Waals surface area contributed by atoms with Gasteiger partial charge in [-0.15, -0.1) is 0 Å². The van der Waals surface area contributed by atoms with Gasteiger partial charge in [0.25, 0.3) is 0 Å². The minimum atomic E-state index is -0.520. The molecule has 2 heterocycles. The molecule has 0 spiro atoms. The lowest BCUT2D eigenvalue weighted by Gasteiger charge is -2.32. The number of nitrogens with one attached hydrogen (secondary N) is 2. The Labute approximate surface area is 109 Å². The van der Waals surface area contributed by atoms with Crippen LogP contribution < -0.4 is 10.6 Å². The van der Waals surface area contributed by atoms with E-state index in [4.69, 9.17) is 9.47 Å². The maximum absolute atomic E-state index is 12.2. The Morgan fingerprint density at radius 2 is 2.00 bits per heavy atom. The Morgan fingerprint density at radius 3 is 2.56 bits per heavy atom. The summed E-state index contributed by atoms with van der Waals surface area (Å²) in [6, 6.07) is 0. The number of piperidine rings is 1. The summed E-state index contributed by atoms with van der Waals surface area (Å²) in [6.07, 6.45) is 1.76. The number of amides is 1. The van der Waals surface area contributed by atoms with Crippen molar-refractivity contribution >= 4 is 5.91 Å². The number of rotatable bonds is 3. The summed E-state index contributed by atoms with van der Waals surface area (Å²) in [5.41, 5.74) is -0.236. The van der Waals surface area contributed by atoms with E-state index in [1.54, 1.807) is 0 Å². The molecule has 0 aromatic heterocycles. The minimum Gasteiger partial charge on any atom is -0.353 e. The van der Waals surface area contributed by atoms with Crippen LogP contribution in [0.4, 0.5) is 0 Å². The van der Waals surface area contributed by atoms with Gasteiger partial charge in [-0.3, -0.25) is 4.79 Å². The van der Waals surface area contributed by atoms with E-state index in [0.29, 0.717) is 13.2 Å². The first-order valence-corrected chi connectivity index (χ1v) is 6.72. The third kappa shape index (κ3) is 3.22. The molecule has 2 saturated heterocycles. The van der Waals surface area contributed by atoms with Crippen molar-refractivity contribution in [2.24, 2.45) is 5.41 Å². The maximum Gasteiger partial charge on any atom is 0.226 e. The molecule has 2 fully saturated rings. The summed E-state index contributed by atoms with van der Waals surface area (Å²) in [6.45, 7) is 8.74.